The molecule has 0 radical (unpaired) electrons. The summed E-state index contributed by atoms with van der Waals surface area (Å²) in [5.41, 5.74) is 6.68. The largest absolute Gasteiger partial charge is 0.382 e. The van der Waals surface area contributed by atoms with Crippen LogP contribution in [0.15, 0.2) is 30.3 Å². The second-order valence-corrected chi connectivity index (χ2v) is 5.33. The van der Waals surface area contributed by atoms with Gasteiger partial charge in [-0.3, -0.25) is 0 Å². The lowest BCUT2D eigenvalue weighted by molar-refractivity contribution is 0.900. The van der Waals surface area contributed by atoms with Gasteiger partial charge in [-0.2, -0.15) is 0 Å². The molecule has 100 valence electrons. The van der Waals surface area contributed by atoms with Gasteiger partial charge in [-0.15, -0.1) is 0 Å². The smallest absolute Gasteiger partial charge is 0.149 e. The van der Waals surface area contributed by atoms with Crippen LogP contribution in [0.3, 0.4) is 0 Å². The number of aromatic nitrogens is 1. The first kappa shape index (κ1) is 14.3. The molecule has 1 heterocycles. The number of nitrogen functional groups attached to an aromatic ring is 1. The number of rotatable bonds is 3. The van der Waals surface area contributed by atoms with Gasteiger partial charge in [0.15, 0.2) is 0 Å². The minimum atomic E-state index is 0.257. The summed E-state index contributed by atoms with van der Waals surface area (Å²) in [5, 5.41) is 1.50. The lowest BCUT2D eigenvalue weighted by Gasteiger charge is -2.20. The van der Waals surface area contributed by atoms with Gasteiger partial charge < -0.3 is 10.6 Å². The Morgan fingerprint density at radius 2 is 1.79 bits per heavy atom. The Morgan fingerprint density at radius 1 is 1.11 bits per heavy atom. The Hall–Kier alpha value is -1.16. The van der Waals surface area contributed by atoms with Crippen LogP contribution in [0.1, 0.15) is 5.56 Å². The molecular weight excluding hydrogens is 305 g/mol. The summed E-state index contributed by atoms with van der Waals surface area (Å²) in [4.78, 5) is 6.07. The number of nitrogens with two attached hydrogens (primary N) is 1. The summed E-state index contributed by atoms with van der Waals surface area (Å²) in [6.45, 7) is 0.577. The number of anilines is 2. The maximum absolute atomic E-state index is 6.13. The number of hydrogen-bond acceptors (Lipinski definition) is 3. The van der Waals surface area contributed by atoms with Crippen molar-refractivity contribution in [2.24, 2.45) is 0 Å². The molecule has 0 atom stereocenters. The third kappa shape index (κ3) is 3.24. The van der Waals surface area contributed by atoms with Gasteiger partial charge in [0.1, 0.15) is 11.6 Å². The molecule has 1 aromatic heterocycles. The fourth-order valence-corrected chi connectivity index (χ4v) is 2.39. The summed E-state index contributed by atoms with van der Waals surface area (Å²) in [6, 6.07) is 9.20. The van der Waals surface area contributed by atoms with E-state index in [1.54, 1.807) is 6.07 Å². The highest BCUT2D eigenvalue weighted by Gasteiger charge is 2.12. The Balaban J connectivity index is 2.28. The molecule has 0 saturated carbocycles. The summed E-state index contributed by atoms with van der Waals surface area (Å²) >= 11 is 18.1. The van der Waals surface area contributed by atoms with E-state index in [0.29, 0.717) is 27.4 Å². The van der Waals surface area contributed by atoms with Gasteiger partial charge in [-0.25, -0.2) is 4.98 Å². The van der Waals surface area contributed by atoms with Crippen LogP contribution >= 0.6 is 34.8 Å². The molecule has 19 heavy (non-hydrogen) atoms. The van der Waals surface area contributed by atoms with Crippen LogP contribution in [0.5, 0.6) is 0 Å². The second-order valence-electron chi connectivity index (χ2n) is 4.11. The van der Waals surface area contributed by atoms with E-state index in [4.69, 9.17) is 40.5 Å². The number of halogens is 3. The molecule has 0 fully saturated rings. The fourth-order valence-electron chi connectivity index (χ4n) is 1.70. The molecular formula is C13H12Cl3N3. The van der Waals surface area contributed by atoms with E-state index >= 15 is 0 Å². The minimum absolute atomic E-state index is 0.257. The van der Waals surface area contributed by atoms with Crippen molar-refractivity contribution in [2.75, 3.05) is 17.7 Å². The Labute approximate surface area is 126 Å². The lowest BCUT2D eigenvalue weighted by Crippen LogP contribution is -2.19. The van der Waals surface area contributed by atoms with E-state index in [0.717, 1.165) is 5.56 Å². The van der Waals surface area contributed by atoms with E-state index in [-0.39, 0.29) is 5.82 Å². The third-order valence-corrected chi connectivity index (χ3v) is 3.61. The Kier molecular flexibility index (Phi) is 4.40. The summed E-state index contributed by atoms with van der Waals surface area (Å²) < 4.78 is 0. The molecule has 0 unspecified atom stereocenters. The SMILES string of the molecule is CN(Cc1ccccc1Cl)c1nc(N)c(Cl)cc1Cl. The van der Waals surface area contributed by atoms with Gasteiger partial charge in [0.25, 0.3) is 0 Å². The van der Waals surface area contributed by atoms with Crippen molar-refractivity contribution in [1.29, 1.82) is 0 Å². The average Bonchev–Trinajstić information content (AvgIpc) is 2.36. The van der Waals surface area contributed by atoms with Crippen molar-refractivity contribution in [2.45, 2.75) is 6.54 Å². The quantitative estimate of drug-likeness (QED) is 0.920. The topological polar surface area (TPSA) is 42.2 Å². The molecule has 0 amide bonds. The maximum Gasteiger partial charge on any atom is 0.149 e. The van der Waals surface area contributed by atoms with Crippen molar-refractivity contribution in [3.8, 4) is 0 Å². The summed E-state index contributed by atoms with van der Waals surface area (Å²) in [6.07, 6.45) is 0. The second kappa shape index (κ2) is 5.87. The Morgan fingerprint density at radius 3 is 2.47 bits per heavy atom. The van der Waals surface area contributed by atoms with Gasteiger partial charge in [0.2, 0.25) is 0 Å². The molecule has 0 spiro atoms. The average molecular weight is 317 g/mol. The van der Waals surface area contributed by atoms with Crippen LogP contribution in [0, 0.1) is 0 Å². The van der Waals surface area contributed by atoms with Gasteiger partial charge in [-0.05, 0) is 17.7 Å². The van der Waals surface area contributed by atoms with Gasteiger partial charge in [0.05, 0.1) is 10.0 Å². The van der Waals surface area contributed by atoms with Crippen LogP contribution < -0.4 is 10.6 Å². The standard InChI is InChI=1S/C13H12Cl3N3/c1-19(7-8-4-2-3-5-9(8)14)13-11(16)6-10(15)12(17)18-13/h2-6H,7H2,1H3,(H2,17,18). The summed E-state index contributed by atoms with van der Waals surface area (Å²) in [7, 11) is 1.87. The zero-order chi connectivity index (χ0) is 14.0. The molecule has 6 heteroatoms. The number of nitrogens with zero attached hydrogens (tertiary/aromatic N) is 2. The fraction of sp³-hybridized carbons (Fsp3) is 0.154. The van der Waals surface area contributed by atoms with E-state index < -0.39 is 0 Å². The first-order chi connectivity index (χ1) is 8.99. The van der Waals surface area contributed by atoms with Crippen LogP contribution in [0.25, 0.3) is 0 Å². The highest BCUT2D eigenvalue weighted by Crippen LogP contribution is 2.30. The lowest BCUT2D eigenvalue weighted by atomic mass is 10.2. The number of pyridine rings is 1. The van der Waals surface area contributed by atoms with Crippen molar-refractivity contribution in [1.82, 2.24) is 4.98 Å². The van der Waals surface area contributed by atoms with Crippen LogP contribution in [0.2, 0.25) is 15.1 Å². The van der Waals surface area contributed by atoms with Crippen molar-refractivity contribution < 1.29 is 0 Å². The molecule has 2 rings (SSSR count). The van der Waals surface area contributed by atoms with E-state index in [2.05, 4.69) is 4.98 Å². The highest BCUT2D eigenvalue weighted by molar-refractivity contribution is 6.37. The molecule has 0 aliphatic heterocycles. The molecule has 3 nitrogen and oxygen atoms in total. The van der Waals surface area contributed by atoms with Crippen LogP contribution in [-0.4, -0.2) is 12.0 Å². The zero-order valence-corrected chi connectivity index (χ0v) is 12.5. The molecule has 2 N–H and O–H groups in total. The molecule has 0 saturated heterocycles. The monoisotopic (exact) mass is 315 g/mol. The summed E-state index contributed by atoms with van der Waals surface area (Å²) in [5.74, 6) is 0.829. The normalized spacial score (nSPS) is 10.5. The predicted molar refractivity (Wildman–Crippen MR) is 82.2 cm³/mol. The number of benzene rings is 1. The van der Waals surface area contributed by atoms with Crippen LogP contribution in [0.4, 0.5) is 11.6 Å². The van der Waals surface area contributed by atoms with Crippen molar-refractivity contribution >= 4 is 46.4 Å². The molecule has 0 bridgehead atoms. The van der Waals surface area contributed by atoms with E-state index in [9.17, 15) is 0 Å². The molecule has 0 aliphatic rings. The molecule has 2 aromatic rings. The first-order valence-electron chi connectivity index (χ1n) is 5.55. The van der Waals surface area contributed by atoms with Crippen molar-refractivity contribution in [3.63, 3.8) is 0 Å². The number of hydrogen-bond donors (Lipinski definition) is 1. The maximum atomic E-state index is 6.13. The molecule has 0 aliphatic carbocycles. The van der Waals surface area contributed by atoms with Gasteiger partial charge in [0, 0.05) is 18.6 Å². The van der Waals surface area contributed by atoms with Gasteiger partial charge >= 0.3 is 0 Å². The third-order valence-electron chi connectivity index (χ3n) is 2.67. The van der Waals surface area contributed by atoms with Gasteiger partial charge in [-0.1, -0.05) is 53.0 Å². The van der Waals surface area contributed by atoms with E-state index in [1.165, 1.54) is 0 Å². The highest BCUT2D eigenvalue weighted by atomic mass is 35.5. The zero-order valence-electron chi connectivity index (χ0n) is 10.2. The Bertz CT molecular complexity index is 602. The molecule has 1 aromatic carbocycles. The van der Waals surface area contributed by atoms with E-state index in [1.807, 2.05) is 36.2 Å². The minimum Gasteiger partial charge on any atom is -0.382 e. The van der Waals surface area contributed by atoms with Crippen LogP contribution in [-0.2, 0) is 6.54 Å². The first-order valence-corrected chi connectivity index (χ1v) is 6.68. The van der Waals surface area contributed by atoms with Crippen molar-refractivity contribution in [3.05, 3.63) is 51.0 Å². The predicted octanol–water partition coefficient (Wildman–Crippen LogP) is 4.26.